The van der Waals surface area contributed by atoms with E-state index in [0.29, 0.717) is 10.7 Å². The number of aryl methyl sites for hydroxylation is 1. The normalized spacial score (nSPS) is 14.9. The Morgan fingerprint density at radius 3 is 2.22 bits per heavy atom. The lowest BCUT2D eigenvalue weighted by Gasteiger charge is -2.29. The highest BCUT2D eigenvalue weighted by Gasteiger charge is 2.34. The summed E-state index contributed by atoms with van der Waals surface area (Å²) < 4.78 is 2.10. The summed E-state index contributed by atoms with van der Waals surface area (Å²) in [5.41, 5.74) is 6.45. The number of carbonyl (C=O) groups is 2. The van der Waals surface area contributed by atoms with E-state index in [4.69, 9.17) is 23.8 Å². The zero-order valence-electron chi connectivity index (χ0n) is 19.7. The predicted octanol–water partition coefficient (Wildman–Crippen LogP) is 6.25. The van der Waals surface area contributed by atoms with Gasteiger partial charge in [0.1, 0.15) is 5.57 Å². The molecule has 1 N–H and O–H groups in total. The van der Waals surface area contributed by atoms with Crippen molar-refractivity contribution in [3.63, 3.8) is 0 Å². The predicted molar refractivity (Wildman–Crippen MR) is 148 cm³/mol. The van der Waals surface area contributed by atoms with Crippen LogP contribution in [0.1, 0.15) is 17.0 Å². The molecule has 7 heteroatoms. The van der Waals surface area contributed by atoms with Gasteiger partial charge in [0.05, 0.1) is 5.69 Å². The van der Waals surface area contributed by atoms with Crippen molar-refractivity contribution in [2.24, 2.45) is 0 Å². The molecule has 0 aliphatic carbocycles. The molecule has 1 saturated heterocycles. The summed E-state index contributed by atoms with van der Waals surface area (Å²) in [6.07, 6.45) is 1.62. The molecule has 2 heterocycles. The fourth-order valence-electron chi connectivity index (χ4n) is 4.43. The van der Waals surface area contributed by atoms with Crippen LogP contribution in [0.25, 0.3) is 22.9 Å². The molecule has 0 bridgehead atoms. The number of thiocarbonyl (C=S) groups is 1. The number of aromatic nitrogens is 1. The Hall–Kier alpha value is -4.00. The van der Waals surface area contributed by atoms with Crippen LogP contribution < -0.4 is 10.2 Å². The first kappa shape index (κ1) is 23.7. The zero-order chi connectivity index (χ0) is 25.4. The zero-order valence-corrected chi connectivity index (χ0v) is 21.2. The minimum Gasteiger partial charge on any atom is -0.318 e. The van der Waals surface area contributed by atoms with Crippen LogP contribution in [0, 0.1) is 13.8 Å². The van der Waals surface area contributed by atoms with Gasteiger partial charge in [-0.25, -0.2) is 0 Å². The van der Waals surface area contributed by atoms with E-state index < -0.39 is 11.8 Å². The highest BCUT2D eigenvalue weighted by Crippen LogP contribution is 2.28. The van der Waals surface area contributed by atoms with Gasteiger partial charge in [0.25, 0.3) is 11.8 Å². The van der Waals surface area contributed by atoms with Gasteiger partial charge in [-0.15, -0.1) is 0 Å². The molecule has 0 radical (unpaired) electrons. The largest absolute Gasteiger partial charge is 0.318 e. The number of anilines is 1. The van der Waals surface area contributed by atoms with Crippen LogP contribution in [0.3, 0.4) is 0 Å². The summed E-state index contributed by atoms with van der Waals surface area (Å²) >= 11 is 11.4. The van der Waals surface area contributed by atoms with Crippen molar-refractivity contribution in [2.45, 2.75) is 13.8 Å². The smallest absolute Gasteiger partial charge is 0.270 e. The molecule has 3 aromatic carbocycles. The lowest BCUT2D eigenvalue weighted by molar-refractivity contribution is -0.122. The van der Waals surface area contributed by atoms with E-state index in [1.807, 2.05) is 38.1 Å². The van der Waals surface area contributed by atoms with Gasteiger partial charge in [-0.1, -0.05) is 60.1 Å². The third-order valence-corrected chi connectivity index (χ3v) is 6.69. The number of nitrogens with zero attached hydrogens (tertiary/aromatic N) is 2. The molecule has 1 aromatic heterocycles. The minimum absolute atomic E-state index is 0.00301. The van der Waals surface area contributed by atoms with Crippen LogP contribution in [0.2, 0.25) is 5.02 Å². The SMILES string of the molecule is Cc1cc(C=C2C(=O)NC(=S)N(c3cccc(Cl)c3)C2=O)c(C)n1-c1ccc(-c2ccccc2)cc1. The number of hydrogen-bond donors (Lipinski definition) is 1. The monoisotopic (exact) mass is 511 g/mol. The van der Waals surface area contributed by atoms with Gasteiger partial charge in [0, 0.05) is 22.1 Å². The van der Waals surface area contributed by atoms with Gasteiger partial charge < -0.3 is 4.57 Å². The van der Waals surface area contributed by atoms with Crippen molar-refractivity contribution in [1.82, 2.24) is 9.88 Å². The average Bonchev–Trinajstić information content (AvgIpc) is 3.15. The lowest BCUT2D eigenvalue weighted by Crippen LogP contribution is -2.54. The molecule has 5 rings (SSSR count). The van der Waals surface area contributed by atoms with Crippen LogP contribution in [0.15, 0.2) is 90.5 Å². The van der Waals surface area contributed by atoms with Crippen molar-refractivity contribution >= 4 is 52.5 Å². The molecule has 1 fully saturated rings. The van der Waals surface area contributed by atoms with E-state index in [1.54, 1.807) is 30.3 Å². The van der Waals surface area contributed by atoms with Gasteiger partial charge in [0.2, 0.25) is 0 Å². The van der Waals surface area contributed by atoms with E-state index in [2.05, 4.69) is 46.3 Å². The van der Waals surface area contributed by atoms with Crippen molar-refractivity contribution in [2.75, 3.05) is 4.90 Å². The second-order valence-electron chi connectivity index (χ2n) is 8.51. The van der Waals surface area contributed by atoms with Crippen LogP contribution in [0.4, 0.5) is 5.69 Å². The maximum Gasteiger partial charge on any atom is 0.270 e. The number of benzene rings is 3. The summed E-state index contributed by atoms with van der Waals surface area (Å²) in [5, 5.41) is 3.11. The highest BCUT2D eigenvalue weighted by atomic mass is 35.5. The molecule has 36 heavy (non-hydrogen) atoms. The summed E-state index contributed by atoms with van der Waals surface area (Å²) in [5.74, 6) is -1.02. The Kier molecular flexibility index (Phi) is 6.31. The maximum absolute atomic E-state index is 13.4. The first-order valence-electron chi connectivity index (χ1n) is 11.4. The second kappa shape index (κ2) is 9.57. The molecule has 178 valence electrons. The Balaban J connectivity index is 1.50. The fourth-order valence-corrected chi connectivity index (χ4v) is 4.89. The first-order valence-corrected chi connectivity index (χ1v) is 12.1. The second-order valence-corrected chi connectivity index (χ2v) is 9.34. The van der Waals surface area contributed by atoms with Crippen molar-refractivity contribution in [1.29, 1.82) is 0 Å². The Bertz CT molecular complexity index is 1540. The van der Waals surface area contributed by atoms with Gasteiger partial charge in [0.15, 0.2) is 5.11 Å². The summed E-state index contributed by atoms with van der Waals surface area (Å²) in [6.45, 7) is 3.96. The van der Waals surface area contributed by atoms with Gasteiger partial charge in [-0.2, -0.15) is 0 Å². The van der Waals surface area contributed by atoms with Gasteiger partial charge in [-0.05, 0) is 85.2 Å². The topological polar surface area (TPSA) is 54.3 Å². The van der Waals surface area contributed by atoms with E-state index in [0.717, 1.165) is 33.8 Å². The lowest BCUT2D eigenvalue weighted by atomic mass is 10.1. The minimum atomic E-state index is -0.528. The number of amides is 2. The third-order valence-electron chi connectivity index (χ3n) is 6.17. The van der Waals surface area contributed by atoms with Gasteiger partial charge in [-0.3, -0.25) is 19.8 Å². The molecule has 4 aromatic rings. The van der Waals surface area contributed by atoms with Crippen LogP contribution in [0.5, 0.6) is 0 Å². The highest BCUT2D eigenvalue weighted by molar-refractivity contribution is 7.80. The van der Waals surface area contributed by atoms with Crippen molar-refractivity contribution in [3.05, 3.63) is 112 Å². The van der Waals surface area contributed by atoms with Crippen molar-refractivity contribution < 1.29 is 9.59 Å². The number of carbonyl (C=O) groups excluding carboxylic acids is 2. The number of halogens is 1. The Labute approximate surface area is 219 Å². The Morgan fingerprint density at radius 1 is 0.833 bits per heavy atom. The summed E-state index contributed by atoms with van der Waals surface area (Å²) in [6, 6.07) is 27.3. The molecule has 5 nitrogen and oxygen atoms in total. The number of rotatable bonds is 4. The number of nitrogens with one attached hydrogen (secondary N) is 1. The Morgan fingerprint density at radius 2 is 1.53 bits per heavy atom. The van der Waals surface area contributed by atoms with E-state index in [-0.39, 0.29) is 10.7 Å². The van der Waals surface area contributed by atoms with E-state index >= 15 is 0 Å². The van der Waals surface area contributed by atoms with E-state index in [9.17, 15) is 9.59 Å². The molecule has 0 saturated carbocycles. The van der Waals surface area contributed by atoms with Gasteiger partial charge >= 0.3 is 0 Å². The molecule has 1 aliphatic heterocycles. The summed E-state index contributed by atoms with van der Waals surface area (Å²) in [4.78, 5) is 27.4. The standard InChI is InChI=1S/C29H22ClN3O2S/c1-18-15-22(19(2)32(18)24-13-11-21(12-14-24)20-7-4-3-5-8-20)16-26-27(34)31-29(36)33(28(26)35)25-10-6-9-23(30)17-25/h3-17H,1-2H3,(H,31,34,36). The van der Waals surface area contributed by atoms with Crippen molar-refractivity contribution in [3.8, 4) is 16.8 Å². The maximum atomic E-state index is 13.4. The molecule has 0 unspecified atom stereocenters. The molecule has 1 aliphatic rings. The number of hydrogen-bond acceptors (Lipinski definition) is 3. The molecular weight excluding hydrogens is 490 g/mol. The van der Waals surface area contributed by atoms with Crippen LogP contribution in [-0.4, -0.2) is 21.5 Å². The summed E-state index contributed by atoms with van der Waals surface area (Å²) in [7, 11) is 0. The van der Waals surface area contributed by atoms with Crippen LogP contribution in [-0.2, 0) is 9.59 Å². The first-order chi connectivity index (χ1) is 17.3. The molecule has 0 atom stereocenters. The fraction of sp³-hybridized carbons (Fsp3) is 0.0690. The molecule has 0 spiro atoms. The van der Waals surface area contributed by atoms with Crippen LogP contribution >= 0.6 is 23.8 Å². The molecular formula is C29H22ClN3O2S. The quantitative estimate of drug-likeness (QED) is 0.200. The average molecular weight is 512 g/mol. The van der Waals surface area contributed by atoms with E-state index in [1.165, 1.54) is 4.90 Å². The third kappa shape index (κ3) is 4.37. The molecule has 2 amide bonds.